The van der Waals surface area contributed by atoms with Gasteiger partial charge in [0.1, 0.15) is 4.21 Å². The van der Waals surface area contributed by atoms with E-state index < -0.39 is 10.0 Å². The van der Waals surface area contributed by atoms with Crippen molar-refractivity contribution in [2.45, 2.75) is 29.0 Å². The molecule has 0 unspecified atom stereocenters. The number of hydrogen-bond acceptors (Lipinski definition) is 4. The molecular formula is C17H23IN4O2S2. The smallest absolute Gasteiger partial charge is 0.247 e. The van der Waals surface area contributed by atoms with E-state index in [0.717, 1.165) is 11.4 Å². The van der Waals surface area contributed by atoms with Gasteiger partial charge in [-0.1, -0.05) is 30.3 Å². The molecule has 1 heterocycles. The number of aliphatic imine (C=N–C) groups is 1. The van der Waals surface area contributed by atoms with Crippen LogP contribution in [0.3, 0.4) is 0 Å². The average Bonchev–Trinajstić information content (AvgIpc) is 3.23. The fraction of sp³-hybridized carbons (Fsp3) is 0.353. The van der Waals surface area contributed by atoms with Crippen molar-refractivity contribution in [1.82, 2.24) is 10.6 Å². The van der Waals surface area contributed by atoms with Crippen LogP contribution in [0.25, 0.3) is 0 Å². The van der Waals surface area contributed by atoms with Crippen molar-refractivity contribution < 1.29 is 8.42 Å². The Bertz CT molecular complexity index is 862. The lowest BCUT2D eigenvalue weighted by Crippen LogP contribution is -2.40. The lowest BCUT2D eigenvalue weighted by atomic mass is 9.96. The Labute approximate surface area is 175 Å². The molecule has 26 heavy (non-hydrogen) atoms. The van der Waals surface area contributed by atoms with E-state index in [1.807, 2.05) is 6.07 Å². The maximum Gasteiger partial charge on any atom is 0.247 e. The van der Waals surface area contributed by atoms with Crippen LogP contribution < -0.4 is 15.8 Å². The molecule has 4 N–H and O–H groups in total. The van der Waals surface area contributed by atoms with Crippen molar-refractivity contribution in [3.8, 4) is 0 Å². The van der Waals surface area contributed by atoms with Crippen LogP contribution in [-0.2, 0) is 22.0 Å². The second kappa shape index (κ2) is 8.68. The zero-order chi connectivity index (χ0) is 17.9. The Morgan fingerprint density at radius 2 is 1.88 bits per heavy atom. The Balaban J connectivity index is 0.00000243. The summed E-state index contributed by atoms with van der Waals surface area (Å²) in [6, 6.07) is 13.8. The largest absolute Gasteiger partial charge is 0.356 e. The third kappa shape index (κ3) is 5.18. The molecule has 0 atom stereocenters. The van der Waals surface area contributed by atoms with Crippen LogP contribution in [-0.4, -0.2) is 28.0 Å². The number of primary sulfonamides is 1. The molecule has 1 aromatic heterocycles. The van der Waals surface area contributed by atoms with Gasteiger partial charge in [0.05, 0.1) is 6.54 Å². The zero-order valence-corrected chi connectivity index (χ0v) is 18.4. The molecular weight excluding hydrogens is 483 g/mol. The zero-order valence-electron chi connectivity index (χ0n) is 14.4. The topological polar surface area (TPSA) is 96.6 Å². The standard InChI is InChI=1S/C17H22N4O2S2.HI/c1-19-16(20-11-14-7-8-15(24-14)25(18,22)23)21-12-17(9-10-17)13-5-3-2-4-6-13;/h2-8H,9-12H2,1H3,(H2,18,22,23)(H2,19,20,21);1H. The predicted octanol–water partition coefficient (Wildman–Crippen LogP) is 2.41. The summed E-state index contributed by atoms with van der Waals surface area (Å²) in [5.41, 5.74) is 1.55. The van der Waals surface area contributed by atoms with Crippen LogP contribution in [0.15, 0.2) is 51.7 Å². The predicted molar refractivity (Wildman–Crippen MR) is 117 cm³/mol. The van der Waals surface area contributed by atoms with E-state index in [9.17, 15) is 8.42 Å². The molecule has 6 nitrogen and oxygen atoms in total. The minimum Gasteiger partial charge on any atom is -0.356 e. The number of nitrogens with zero attached hydrogens (tertiary/aromatic N) is 1. The molecule has 9 heteroatoms. The number of guanidine groups is 1. The summed E-state index contributed by atoms with van der Waals surface area (Å²) in [5, 5.41) is 11.7. The Morgan fingerprint density at radius 1 is 1.19 bits per heavy atom. The first-order valence-electron chi connectivity index (χ1n) is 8.04. The van der Waals surface area contributed by atoms with Gasteiger partial charge in [-0.2, -0.15) is 0 Å². The molecule has 3 rings (SSSR count). The number of nitrogens with two attached hydrogens (primary N) is 1. The van der Waals surface area contributed by atoms with Gasteiger partial charge in [-0.3, -0.25) is 4.99 Å². The minimum atomic E-state index is -3.63. The second-order valence-corrected chi connectivity index (χ2v) is 9.15. The van der Waals surface area contributed by atoms with E-state index in [4.69, 9.17) is 5.14 Å². The summed E-state index contributed by atoms with van der Waals surface area (Å²) in [6.07, 6.45) is 2.34. The van der Waals surface area contributed by atoms with E-state index in [0.29, 0.717) is 12.5 Å². The molecule has 1 saturated carbocycles. The maximum atomic E-state index is 11.3. The summed E-state index contributed by atoms with van der Waals surface area (Å²) in [5.74, 6) is 0.702. The number of sulfonamides is 1. The fourth-order valence-electron chi connectivity index (χ4n) is 2.76. The minimum absolute atomic E-state index is 0. The molecule has 1 aromatic carbocycles. The highest BCUT2D eigenvalue weighted by Crippen LogP contribution is 2.47. The Hall–Kier alpha value is -1.17. The monoisotopic (exact) mass is 506 g/mol. The molecule has 1 fully saturated rings. The van der Waals surface area contributed by atoms with Gasteiger partial charge in [0.15, 0.2) is 5.96 Å². The third-order valence-corrected chi connectivity index (χ3v) is 6.93. The molecule has 0 bridgehead atoms. The van der Waals surface area contributed by atoms with Crippen LogP contribution in [0.2, 0.25) is 0 Å². The highest BCUT2D eigenvalue weighted by Gasteiger charge is 2.43. The summed E-state index contributed by atoms with van der Waals surface area (Å²) in [7, 11) is -1.91. The van der Waals surface area contributed by atoms with Gasteiger partial charge in [0.2, 0.25) is 10.0 Å². The molecule has 0 amide bonds. The van der Waals surface area contributed by atoms with Crippen LogP contribution in [0, 0.1) is 0 Å². The van der Waals surface area contributed by atoms with E-state index >= 15 is 0 Å². The van der Waals surface area contributed by atoms with Gasteiger partial charge < -0.3 is 10.6 Å². The fourth-order valence-corrected chi connectivity index (χ4v) is 4.48. The van der Waals surface area contributed by atoms with Gasteiger partial charge in [-0.25, -0.2) is 13.6 Å². The first kappa shape index (κ1) is 21.1. The molecule has 2 aromatic rings. The third-order valence-electron chi connectivity index (χ3n) is 4.41. The number of hydrogen-bond donors (Lipinski definition) is 3. The van der Waals surface area contributed by atoms with Crippen molar-refractivity contribution in [3.63, 3.8) is 0 Å². The summed E-state index contributed by atoms with van der Waals surface area (Å²) >= 11 is 1.17. The Morgan fingerprint density at radius 3 is 2.42 bits per heavy atom. The second-order valence-electron chi connectivity index (χ2n) is 6.19. The summed E-state index contributed by atoms with van der Waals surface area (Å²) in [4.78, 5) is 5.12. The van der Waals surface area contributed by atoms with Crippen molar-refractivity contribution in [3.05, 3.63) is 52.9 Å². The van der Waals surface area contributed by atoms with Crippen molar-refractivity contribution in [2.24, 2.45) is 10.1 Å². The van der Waals surface area contributed by atoms with Crippen LogP contribution in [0.1, 0.15) is 23.3 Å². The molecule has 1 aliphatic carbocycles. The number of thiophene rings is 1. The van der Waals surface area contributed by atoms with Gasteiger partial charge >= 0.3 is 0 Å². The lowest BCUT2D eigenvalue weighted by Gasteiger charge is -2.19. The van der Waals surface area contributed by atoms with Gasteiger partial charge in [-0.15, -0.1) is 35.3 Å². The van der Waals surface area contributed by atoms with Gasteiger partial charge in [0.25, 0.3) is 0 Å². The number of benzene rings is 1. The molecule has 0 radical (unpaired) electrons. The van der Waals surface area contributed by atoms with E-state index in [-0.39, 0.29) is 33.6 Å². The molecule has 0 spiro atoms. The maximum absolute atomic E-state index is 11.3. The van der Waals surface area contributed by atoms with Crippen molar-refractivity contribution in [1.29, 1.82) is 0 Å². The molecule has 0 aliphatic heterocycles. The van der Waals surface area contributed by atoms with Crippen molar-refractivity contribution >= 4 is 51.3 Å². The van der Waals surface area contributed by atoms with Crippen LogP contribution >= 0.6 is 35.3 Å². The SMILES string of the molecule is CN=C(NCc1ccc(S(N)(=O)=O)s1)NCC1(c2ccccc2)CC1.I. The Kier molecular flexibility index (Phi) is 7.05. The molecule has 1 aliphatic rings. The summed E-state index contributed by atoms with van der Waals surface area (Å²) < 4.78 is 22.8. The van der Waals surface area contributed by atoms with Gasteiger partial charge in [-0.05, 0) is 30.5 Å². The van der Waals surface area contributed by atoms with Crippen molar-refractivity contribution in [2.75, 3.05) is 13.6 Å². The quantitative estimate of drug-likeness (QED) is 0.319. The first-order valence-corrected chi connectivity index (χ1v) is 10.4. The molecule has 0 saturated heterocycles. The van der Waals surface area contributed by atoms with E-state index in [2.05, 4.69) is 39.9 Å². The number of nitrogens with one attached hydrogen (secondary N) is 2. The van der Waals surface area contributed by atoms with Crippen LogP contribution in [0.5, 0.6) is 0 Å². The van der Waals surface area contributed by atoms with Gasteiger partial charge in [0, 0.05) is 23.9 Å². The highest BCUT2D eigenvalue weighted by molar-refractivity contribution is 14.0. The molecule has 142 valence electrons. The highest BCUT2D eigenvalue weighted by atomic mass is 127. The first-order chi connectivity index (χ1) is 11.9. The van der Waals surface area contributed by atoms with Crippen LogP contribution in [0.4, 0.5) is 0 Å². The summed E-state index contributed by atoms with van der Waals surface area (Å²) in [6.45, 7) is 1.32. The average molecular weight is 506 g/mol. The van der Waals surface area contributed by atoms with E-state index in [1.165, 1.54) is 35.8 Å². The number of rotatable bonds is 6. The number of halogens is 1. The normalized spacial score (nSPS) is 15.8. The van der Waals surface area contributed by atoms with E-state index in [1.54, 1.807) is 13.1 Å². The lowest BCUT2D eigenvalue weighted by molar-refractivity contribution is 0.600.